The smallest absolute Gasteiger partial charge is 0.119 e. The van der Waals surface area contributed by atoms with Crippen LogP contribution in [0.4, 0.5) is 0 Å². The summed E-state index contributed by atoms with van der Waals surface area (Å²) in [5.74, 6) is 1.50. The van der Waals surface area contributed by atoms with Crippen LogP contribution < -0.4 is 4.74 Å². The van der Waals surface area contributed by atoms with E-state index in [4.69, 9.17) is 16.3 Å². The van der Waals surface area contributed by atoms with Crippen molar-refractivity contribution in [1.29, 1.82) is 0 Å². The SMILES string of the molecule is CCCOc1ccc(C2CCCCCC2Cl)cc1. The average molecular weight is 267 g/mol. The van der Waals surface area contributed by atoms with Crippen molar-refractivity contribution in [2.45, 2.75) is 56.7 Å². The van der Waals surface area contributed by atoms with Crippen molar-refractivity contribution in [2.75, 3.05) is 6.61 Å². The molecule has 1 saturated carbocycles. The second kappa shape index (κ2) is 7.04. The molecule has 2 unspecified atom stereocenters. The summed E-state index contributed by atoms with van der Waals surface area (Å²) < 4.78 is 5.62. The third kappa shape index (κ3) is 3.65. The molecular weight excluding hydrogens is 244 g/mol. The molecule has 0 amide bonds. The van der Waals surface area contributed by atoms with Gasteiger partial charge in [-0.3, -0.25) is 0 Å². The molecule has 0 N–H and O–H groups in total. The van der Waals surface area contributed by atoms with Crippen molar-refractivity contribution in [3.8, 4) is 5.75 Å². The highest BCUT2D eigenvalue weighted by atomic mass is 35.5. The Balaban J connectivity index is 2.03. The summed E-state index contributed by atoms with van der Waals surface area (Å²) in [5, 5.41) is 0.301. The van der Waals surface area contributed by atoms with Crippen LogP contribution in [-0.2, 0) is 0 Å². The second-order valence-corrected chi connectivity index (χ2v) is 5.74. The molecule has 0 spiro atoms. The first kappa shape index (κ1) is 13.7. The van der Waals surface area contributed by atoms with Crippen molar-refractivity contribution in [2.24, 2.45) is 0 Å². The maximum absolute atomic E-state index is 6.51. The van der Waals surface area contributed by atoms with Crippen LogP contribution in [0.1, 0.15) is 56.9 Å². The van der Waals surface area contributed by atoms with Crippen molar-refractivity contribution >= 4 is 11.6 Å². The lowest BCUT2D eigenvalue weighted by Crippen LogP contribution is -2.11. The molecule has 0 aliphatic heterocycles. The van der Waals surface area contributed by atoms with Gasteiger partial charge in [0, 0.05) is 11.3 Å². The average Bonchev–Trinajstić information content (AvgIpc) is 2.62. The number of ether oxygens (including phenoxy) is 1. The van der Waals surface area contributed by atoms with Crippen molar-refractivity contribution in [1.82, 2.24) is 0 Å². The van der Waals surface area contributed by atoms with E-state index < -0.39 is 0 Å². The van der Waals surface area contributed by atoms with Crippen LogP contribution in [0, 0.1) is 0 Å². The van der Waals surface area contributed by atoms with Gasteiger partial charge >= 0.3 is 0 Å². The maximum Gasteiger partial charge on any atom is 0.119 e. The normalized spacial score (nSPS) is 24.6. The Morgan fingerprint density at radius 3 is 2.56 bits per heavy atom. The van der Waals surface area contributed by atoms with E-state index in [1.54, 1.807) is 0 Å². The molecule has 18 heavy (non-hydrogen) atoms. The fourth-order valence-corrected chi connectivity index (χ4v) is 3.09. The van der Waals surface area contributed by atoms with Gasteiger partial charge in [-0.05, 0) is 37.0 Å². The van der Waals surface area contributed by atoms with Crippen LogP contribution in [0.3, 0.4) is 0 Å². The predicted molar refractivity (Wildman–Crippen MR) is 77.7 cm³/mol. The largest absolute Gasteiger partial charge is 0.494 e. The Kier molecular flexibility index (Phi) is 5.37. The van der Waals surface area contributed by atoms with Gasteiger partial charge in [0.2, 0.25) is 0 Å². The molecular formula is C16H23ClO. The molecule has 0 saturated heterocycles. The third-order valence-electron chi connectivity index (χ3n) is 3.71. The van der Waals surface area contributed by atoms with Gasteiger partial charge in [0.15, 0.2) is 0 Å². The number of rotatable bonds is 4. The lowest BCUT2D eigenvalue weighted by molar-refractivity contribution is 0.317. The van der Waals surface area contributed by atoms with Crippen molar-refractivity contribution < 1.29 is 4.74 Å². The molecule has 0 heterocycles. The molecule has 0 bridgehead atoms. The molecule has 1 aliphatic rings. The first-order valence-corrected chi connectivity index (χ1v) is 7.61. The Bertz CT molecular complexity index is 347. The van der Waals surface area contributed by atoms with Crippen molar-refractivity contribution in [3.05, 3.63) is 29.8 Å². The van der Waals surface area contributed by atoms with E-state index in [9.17, 15) is 0 Å². The van der Waals surface area contributed by atoms with Crippen LogP contribution >= 0.6 is 11.6 Å². The van der Waals surface area contributed by atoms with Gasteiger partial charge in [0.1, 0.15) is 5.75 Å². The minimum Gasteiger partial charge on any atom is -0.494 e. The molecule has 1 aromatic rings. The summed E-state index contributed by atoms with van der Waals surface area (Å²) in [6.45, 7) is 2.92. The zero-order valence-electron chi connectivity index (χ0n) is 11.2. The Hall–Kier alpha value is -0.690. The standard InChI is InChI=1S/C16H23ClO/c1-2-12-18-14-10-8-13(9-11-14)15-6-4-3-5-7-16(15)17/h8-11,15-16H,2-7,12H2,1H3. The molecule has 1 fully saturated rings. The highest BCUT2D eigenvalue weighted by molar-refractivity contribution is 6.21. The van der Waals surface area contributed by atoms with E-state index in [1.165, 1.54) is 31.2 Å². The van der Waals surface area contributed by atoms with E-state index in [-0.39, 0.29) is 0 Å². The zero-order chi connectivity index (χ0) is 12.8. The predicted octanol–water partition coefficient (Wildman–Crippen LogP) is 5.13. The monoisotopic (exact) mass is 266 g/mol. The van der Waals surface area contributed by atoms with Gasteiger partial charge in [0.25, 0.3) is 0 Å². The maximum atomic E-state index is 6.51. The minimum atomic E-state index is 0.301. The molecule has 0 radical (unpaired) electrons. The van der Waals surface area contributed by atoms with E-state index in [1.807, 2.05) is 0 Å². The fraction of sp³-hybridized carbons (Fsp3) is 0.625. The number of alkyl halides is 1. The highest BCUT2D eigenvalue weighted by Gasteiger charge is 2.23. The molecule has 1 aliphatic carbocycles. The quantitative estimate of drug-likeness (QED) is 0.542. The zero-order valence-corrected chi connectivity index (χ0v) is 12.0. The van der Waals surface area contributed by atoms with Gasteiger partial charge in [0.05, 0.1) is 6.61 Å². The van der Waals surface area contributed by atoms with E-state index in [0.29, 0.717) is 11.3 Å². The van der Waals surface area contributed by atoms with Gasteiger partial charge in [-0.1, -0.05) is 38.3 Å². The summed E-state index contributed by atoms with van der Waals surface area (Å²) in [7, 11) is 0. The summed E-state index contributed by atoms with van der Waals surface area (Å²) >= 11 is 6.51. The molecule has 1 nitrogen and oxygen atoms in total. The van der Waals surface area contributed by atoms with E-state index >= 15 is 0 Å². The van der Waals surface area contributed by atoms with Gasteiger partial charge < -0.3 is 4.74 Å². The Morgan fingerprint density at radius 2 is 1.83 bits per heavy atom. The second-order valence-electron chi connectivity index (χ2n) is 5.18. The van der Waals surface area contributed by atoms with Crippen LogP contribution in [0.2, 0.25) is 0 Å². The lowest BCUT2D eigenvalue weighted by Gasteiger charge is -2.20. The molecule has 1 aromatic carbocycles. The molecule has 2 heteroatoms. The minimum absolute atomic E-state index is 0.301. The highest BCUT2D eigenvalue weighted by Crippen LogP contribution is 2.35. The Labute approximate surface area is 115 Å². The summed E-state index contributed by atoms with van der Waals surface area (Å²) in [5.41, 5.74) is 1.38. The summed E-state index contributed by atoms with van der Waals surface area (Å²) in [6.07, 6.45) is 7.35. The molecule has 100 valence electrons. The van der Waals surface area contributed by atoms with E-state index in [2.05, 4.69) is 31.2 Å². The van der Waals surface area contributed by atoms with Crippen LogP contribution in [0.15, 0.2) is 24.3 Å². The fourth-order valence-electron chi connectivity index (χ4n) is 2.67. The van der Waals surface area contributed by atoms with Crippen LogP contribution in [0.25, 0.3) is 0 Å². The van der Waals surface area contributed by atoms with E-state index in [0.717, 1.165) is 25.2 Å². The summed E-state index contributed by atoms with van der Waals surface area (Å²) in [4.78, 5) is 0. The van der Waals surface area contributed by atoms with Gasteiger partial charge in [-0.2, -0.15) is 0 Å². The van der Waals surface area contributed by atoms with Crippen molar-refractivity contribution in [3.63, 3.8) is 0 Å². The molecule has 0 aromatic heterocycles. The lowest BCUT2D eigenvalue weighted by atomic mass is 9.91. The first-order valence-electron chi connectivity index (χ1n) is 7.18. The number of hydrogen-bond acceptors (Lipinski definition) is 1. The molecule has 2 rings (SSSR count). The third-order valence-corrected chi connectivity index (χ3v) is 4.24. The number of benzene rings is 1. The first-order chi connectivity index (χ1) is 8.81. The summed E-state index contributed by atoms with van der Waals surface area (Å²) in [6, 6.07) is 8.55. The van der Waals surface area contributed by atoms with Gasteiger partial charge in [-0.15, -0.1) is 11.6 Å². The van der Waals surface area contributed by atoms with Crippen LogP contribution in [0.5, 0.6) is 5.75 Å². The number of hydrogen-bond donors (Lipinski definition) is 0. The topological polar surface area (TPSA) is 9.23 Å². The number of halogens is 1. The molecule has 2 atom stereocenters. The van der Waals surface area contributed by atoms with Gasteiger partial charge in [-0.25, -0.2) is 0 Å². The Morgan fingerprint density at radius 1 is 1.11 bits per heavy atom. The van der Waals surface area contributed by atoms with Crippen LogP contribution in [-0.4, -0.2) is 12.0 Å².